The molecule has 1 aromatic carbocycles. The van der Waals surface area contributed by atoms with Crippen LogP contribution in [0.4, 0.5) is 0 Å². The molecule has 2 rings (SSSR count). The number of benzene rings is 1. The van der Waals surface area contributed by atoms with E-state index >= 15 is 0 Å². The van der Waals surface area contributed by atoms with Crippen molar-refractivity contribution in [3.05, 3.63) is 34.9 Å². The highest BCUT2D eigenvalue weighted by molar-refractivity contribution is 5.33. The van der Waals surface area contributed by atoms with Gasteiger partial charge < -0.3 is 5.32 Å². The van der Waals surface area contributed by atoms with Crippen LogP contribution in [0.3, 0.4) is 0 Å². The highest BCUT2D eigenvalue weighted by Crippen LogP contribution is 2.15. The Hall–Kier alpha value is -0.860. The van der Waals surface area contributed by atoms with Crippen molar-refractivity contribution in [1.82, 2.24) is 11.1 Å². The molecule has 2 nitrogen and oxygen atoms in total. The normalized spacial score (nSPS) is 15.8. The van der Waals surface area contributed by atoms with Crippen molar-refractivity contribution in [2.24, 2.45) is 0 Å². The van der Waals surface area contributed by atoms with Gasteiger partial charge >= 0.3 is 0 Å². The van der Waals surface area contributed by atoms with Crippen LogP contribution in [0, 0.1) is 0 Å². The van der Waals surface area contributed by atoms with Gasteiger partial charge in [0.2, 0.25) is 0 Å². The van der Waals surface area contributed by atoms with Crippen LogP contribution in [0.5, 0.6) is 0 Å². The highest BCUT2D eigenvalue weighted by atomic mass is 14.9. The fourth-order valence-corrected chi connectivity index (χ4v) is 1.64. The van der Waals surface area contributed by atoms with Crippen molar-refractivity contribution in [3.63, 3.8) is 0 Å². The van der Waals surface area contributed by atoms with Crippen LogP contribution in [0.1, 0.15) is 16.7 Å². The van der Waals surface area contributed by atoms with E-state index < -0.39 is 0 Å². The lowest BCUT2D eigenvalue weighted by atomic mass is 9.98. The third-order valence-corrected chi connectivity index (χ3v) is 2.36. The summed E-state index contributed by atoms with van der Waals surface area (Å²) in [6.45, 7) is 2.47. The van der Waals surface area contributed by atoms with E-state index in [0.717, 1.165) is 25.1 Å². The first-order chi connectivity index (χ1) is 5.90. The summed E-state index contributed by atoms with van der Waals surface area (Å²) in [5.74, 6) is 0. The lowest BCUT2D eigenvalue weighted by Crippen LogP contribution is -2.23. The summed E-state index contributed by atoms with van der Waals surface area (Å²) in [6.07, 6.45) is 1.11. The summed E-state index contributed by atoms with van der Waals surface area (Å²) in [6, 6.07) is 6.37. The second kappa shape index (κ2) is 3.25. The molecule has 0 fully saturated rings. The van der Waals surface area contributed by atoms with Gasteiger partial charge in [-0.2, -0.15) is 0 Å². The third-order valence-electron chi connectivity index (χ3n) is 2.36. The molecule has 0 unspecified atom stereocenters. The van der Waals surface area contributed by atoms with E-state index in [4.69, 9.17) is 5.73 Å². The summed E-state index contributed by atoms with van der Waals surface area (Å²) < 4.78 is 0. The lowest BCUT2D eigenvalue weighted by Gasteiger charge is -2.17. The highest BCUT2D eigenvalue weighted by Gasteiger charge is 2.07. The summed E-state index contributed by atoms with van der Waals surface area (Å²) in [5.41, 5.74) is 11.2. The van der Waals surface area contributed by atoms with E-state index in [1.807, 2.05) is 0 Å². The van der Waals surface area contributed by atoms with E-state index in [2.05, 4.69) is 23.5 Å². The fraction of sp³-hybridized carbons (Fsp3) is 0.400. The van der Waals surface area contributed by atoms with Crippen LogP contribution < -0.4 is 11.1 Å². The van der Waals surface area contributed by atoms with Gasteiger partial charge in [-0.3, -0.25) is 5.73 Å². The minimum atomic E-state index is 0.403. The van der Waals surface area contributed by atoms with Crippen LogP contribution in [0.25, 0.3) is 0 Å². The van der Waals surface area contributed by atoms with Crippen molar-refractivity contribution in [2.75, 3.05) is 6.54 Å². The summed E-state index contributed by atoms with van der Waals surface area (Å²) in [7, 11) is 0. The van der Waals surface area contributed by atoms with Gasteiger partial charge in [0.15, 0.2) is 0 Å². The van der Waals surface area contributed by atoms with Gasteiger partial charge in [-0.25, -0.2) is 0 Å². The van der Waals surface area contributed by atoms with E-state index in [1.165, 1.54) is 11.1 Å². The first-order valence-electron chi connectivity index (χ1n) is 4.36. The maximum atomic E-state index is 7.25. The molecule has 12 heavy (non-hydrogen) atoms. The second-order valence-corrected chi connectivity index (χ2v) is 3.21. The van der Waals surface area contributed by atoms with Gasteiger partial charge in [0.1, 0.15) is 0 Å². The molecule has 1 aliphatic heterocycles. The van der Waals surface area contributed by atoms with Crippen LogP contribution in [-0.2, 0) is 19.5 Å². The second-order valence-electron chi connectivity index (χ2n) is 3.21. The van der Waals surface area contributed by atoms with E-state index in [-0.39, 0.29) is 0 Å². The Morgan fingerprint density at radius 1 is 1.33 bits per heavy atom. The molecule has 0 saturated carbocycles. The van der Waals surface area contributed by atoms with Crippen LogP contribution in [0.2, 0.25) is 0 Å². The zero-order valence-corrected chi connectivity index (χ0v) is 7.06. The Morgan fingerprint density at radius 2 is 2.25 bits per heavy atom. The number of hydrogen-bond donors (Lipinski definition) is 1. The SMILES string of the molecule is [NH]Cc1ccc2c(c1)CCNC2. The molecule has 0 aromatic heterocycles. The largest absolute Gasteiger partial charge is 0.312 e. The molecule has 1 aromatic rings. The summed E-state index contributed by atoms with van der Waals surface area (Å²) in [5, 5.41) is 3.33. The first kappa shape index (κ1) is 7.77. The molecule has 0 amide bonds. The molecular formula is C10H13N2. The third kappa shape index (κ3) is 1.36. The maximum Gasteiger partial charge on any atom is 0.0351 e. The maximum absolute atomic E-state index is 7.25. The Morgan fingerprint density at radius 3 is 3.08 bits per heavy atom. The van der Waals surface area contributed by atoms with Gasteiger partial charge in [0, 0.05) is 13.1 Å². The first-order valence-corrected chi connectivity index (χ1v) is 4.36. The van der Waals surface area contributed by atoms with Gasteiger partial charge in [0.05, 0.1) is 0 Å². The molecule has 0 aliphatic carbocycles. The van der Waals surface area contributed by atoms with Gasteiger partial charge in [-0.15, -0.1) is 0 Å². The Kier molecular flexibility index (Phi) is 2.11. The Balaban J connectivity index is 2.36. The molecule has 1 heterocycles. The standard InChI is InChI=1S/C10H13N2/c11-6-8-1-2-10-7-12-4-3-9(10)5-8/h1-2,5,11-12H,3-4,6-7H2. The topological polar surface area (TPSA) is 35.8 Å². The number of hydrogen-bond acceptors (Lipinski definition) is 1. The van der Waals surface area contributed by atoms with Crippen molar-refractivity contribution in [1.29, 1.82) is 0 Å². The zero-order chi connectivity index (χ0) is 8.39. The molecule has 0 spiro atoms. The smallest absolute Gasteiger partial charge is 0.0351 e. The van der Waals surface area contributed by atoms with Gasteiger partial charge in [0.25, 0.3) is 0 Å². The quantitative estimate of drug-likeness (QED) is 0.658. The Bertz CT molecular complexity index is 281. The molecule has 2 N–H and O–H groups in total. The average molecular weight is 161 g/mol. The molecule has 2 heteroatoms. The summed E-state index contributed by atoms with van der Waals surface area (Å²) in [4.78, 5) is 0. The minimum Gasteiger partial charge on any atom is -0.312 e. The predicted octanol–water partition coefficient (Wildman–Crippen LogP) is 1.12. The summed E-state index contributed by atoms with van der Waals surface area (Å²) >= 11 is 0. The molecule has 0 atom stereocenters. The number of rotatable bonds is 1. The van der Waals surface area contributed by atoms with E-state index in [0.29, 0.717) is 6.54 Å². The van der Waals surface area contributed by atoms with Crippen molar-refractivity contribution in [3.8, 4) is 0 Å². The molecule has 63 valence electrons. The average Bonchev–Trinajstić information content (AvgIpc) is 2.17. The molecule has 1 aliphatic rings. The van der Waals surface area contributed by atoms with Crippen molar-refractivity contribution in [2.45, 2.75) is 19.5 Å². The number of nitrogens with one attached hydrogen (secondary N) is 2. The molecule has 1 radical (unpaired) electrons. The Labute approximate surface area is 72.8 Å². The lowest BCUT2D eigenvalue weighted by molar-refractivity contribution is 0.643. The zero-order valence-electron chi connectivity index (χ0n) is 7.06. The predicted molar refractivity (Wildman–Crippen MR) is 48.7 cm³/mol. The van der Waals surface area contributed by atoms with Crippen molar-refractivity contribution < 1.29 is 0 Å². The minimum absolute atomic E-state index is 0.403. The molecule has 0 saturated heterocycles. The molecule has 0 bridgehead atoms. The number of fused-ring (bicyclic) bond motifs is 1. The monoisotopic (exact) mass is 161 g/mol. The van der Waals surface area contributed by atoms with E-state index in [9.17, 15) is 0 Å². The molecular weight excluding hydrogens is 148 g/mol. The van der Waals surface area contributed by atoms with Crippen LogP contribution in [-0.4, -0.2) is 6.54 Å². The van der Waals surface area contributed by atoms with Gasteiger partial charge in [-0.05, 0) is 29.7 Å². The van der Waals surface area contributed by atoms with Crippen LogP contribution in [0.15, 0.2) is 18.2 Å². The van der Waals surface area contributed by atoms with E-state index in [1.54, 1.807) is 0 Å². The van der Waals surface area contributed by atoms with Crippen molar-refractivity contribution >= 4 is 0 Å². The van der Waals surface area contributed by atoms with Crippen LogP contribution >= 0.6 is 0 Å². The van der Waals surface area contributed by atoms with Gasteiger partial charge in [-0.1, -0.05) is 18.2 Å². The fourth-order valence-electron chi connectivity index (χ4n) is 1.64.